The Bertz CT molecular complexity index is 591. The zero-order valence-corrected chi connectivity index (χ0v) is 13.4. The Balaban J connectivity index is 2.29. The molecule has 0 aromatic carbocycles. The molecule has 0 fully saturated rings. The summed E-state index contributed by atoms with van der Waals surface area (Å²) in [6.45, 7) is 11.1. The summed E-state index contributed by atoms with van der Waals surface area (Å²) in [5, 5.41) is 8.51. The molecule has 2 aromatic heterocycles. The van der Waals surface area contributed by atoms with Crippen molar-refractivity contribution in [3.8, 4) is 5.82 Å². The third-order valence-electron chi connectivity index (χ3n) is 2.90. The Morgan fingerprint density at radius 2 is 1.95 bits per heavy atom. The van der Waals surface area contributed by atoms with E-state index in [1.807, 2.05) is 19.9 Å². The molecular weight excluding hydrogens is 272 g/mol. The zero-order chi connectivity index (χ0) is 14.9. The predicted octanol–water partition coefficient (Wildman–Crippen LogP) is 3.43. The third-order valence-corrected chi connectivity index (χ3v) is 3.27. The van der Waals surface area contributed by atoms with Crippen molar-refractivity contribution in [3.63, 3.8) is 0 Å². The summed E-state index contributed by atoms with van der Waals surface area (Å²) in [5.41, 5.74) is 3.05. The molecule has 0 atom stereocenters. The van der Waals surface area contributed by atoms with Crippen molar-refractivity contribution >= 4 is 11.6 Å². The van der Waals surface area contributed by atoms with Crippen LogP contribution in [0.2, 0.25) is 5.02 Å². The van der Waals surface area contributed by atoms with E-state index in [0.29, 0.717) is 5.02 Å². The van der Waals surface area contributed by atoms with E-state index >= 15 is 0 Å². The Hall–Kier alpha value is -1.39. The Kier molecular flexibility index (Phi) is 4.16. The van der Waals surface area contributed by atoms with Crippen LogP contribution in [0.4, 0.5) is 0 Å². The van der Waals surface area contributed by atoms with E-state index in [4.69, 9.17) is 11.6 Å². The van der Waals surface area contributed by atoms with Crippen LogP contribution in [0.15, 0.2) is 18.3 Å². The lowest BCUT2D eigenvalue weighted by atomic mass is 10.1. The second kappa shape index (κ2) is 5.54. The summed E-state index contributed by atoms with van der Waals surface area (Å²) in [4.78, 5) is 4.52. The largest absolute Gasteiger partial charge is 0.308 e. The first kappa shape index (κ1) is 15.0. The number of hydrogen-bond acceptors (Lipinski definition) is 3. The molecule has 1 N–H and O–H groups in total. The highest BCUT2D eigenvalue weighted by Gasteiger charge is 2.11. The summed E-state index contributed by atoms with van der Waals surface area (Å²) >= 11 is 6.06. The lowest BCUT2D eigenvalue weighted by molar-refractivity contribution is 0.424. The normalized spacial score (nSPS) is 11.9. The maximum absolute atomic E-state index is 6.06. The van der Waals surface area contributed by atoms with Gasteiger partial charge in [-0.15, -0.1) is 0 Å². The highest BCUT2D eigenvalue weighted by atomic mass is 35.5. The van der Waals surface area contributed by atoms with Gasteiger partial charge in [-0.2, -0.15) is 5.10 Å². The van der Waals surface area contributed by atoms with Gasteiger partial charge in [-0.1, -0.05) is 11.6 Å². The summed E-state index contributed by atoms with van der Waals surface area (Å²) in [7, 11) is 0. The van der Waals surface area contributed by atoms with E-state index in [1.54, 1.807) is 10.9 Å². The smallest absolute Gasteiger partial charge is 0.153 e. The van der Waals surface area contributed by atoms with Crippen LogP contribution >= 0.6 is 11.6 Å². The van der Waals surface area contributed by atoms with Gasteiger partial charge in [-0.05, 0) is 52.3 Å². The lowest BCUT2D eigenvalue weighted by Crippen LogP contribution is -2.35. The molecule has 20 heavy (non-hydrogen) atoms. The zero-order valence-electron chi connectivity index (χ0n) is 12.7. The van der Waals surface area contributed by atoms with Gasteiger partial charge >= 0.3 is 0 Å². The quantitative estimate of drug-likeness (QED) is 0.942. The molecular formula is C15H21ClN4. The number of nitrogens with zero attached hydrogens (tertiary/aromatic N) is 3. The average Bonchev–Trinajstić information content (AvgIpc) is 2.66. The highest BCUT2D eigenvalue weighted by molar-refractivity contribution is 6.31. The minimum absolute atomic E-state index is 0.0862. The van der Waals surface area contributed by atoms with Crippen LogP contribution in [-0.4, -0.2) is 20.3 Å². The Morgan fingerprint density at radius 3 is 2.50 bits per heavy atom. The van der Waals surface area contributed by atoms with E-state index in [1.165, 1.54) is 5.56 Å². The van der Waals surface area contributed by atoms with E-state index in [2.05, 4.69) is 42.2 Å². The van der Waals surface area contributed by atoms with Crippen molar-refractivity contribution in [2.45, 2.75) is 46.7 Å². The fourth-order valence-electron chi connectivity index (χ4n) is 1.86. The van der Waals surface area contributed by atoms with Gasteiger partial charge in [0.05, 0.1) is 16.9 Å². The second-order valence-electron chi connectivity index (χ2n) is 6.09. The van der Waals surface area contributed by atoms with E-state index in [9.17, 15) is 0 Å². The van der Waals surface area contributed by atoms with Gasteiger partial charge < -0.3 is 5.32 Å². The number of pyridine rings is 1. The molecule has 2 aromatic rings. The molecule has 2 heterocycles. The minimum atomic E-state index is 0.0862. The first-order valence-electron chi connectivity index (χ1n) is 6.69. The van der Waals surface area contributed by atoms with Crippen molar-refractivity contribution in [2.24, 2.45) is 0 Å². The van der Waals surface area contributed by atoms with Gasteiger partial charge in [0.2, 0.25) is 0 Å². The molecule has 4 nitrogen and oxygen atoms in total. The van der Waals surface area contributed by atoms with Gasteiger partial charge in [0, 0.05) is 17.8 Å². The highest BCUT2D eigenvalue weighted by Crippen LogP contribution is 2.17. The molecule has 0 spiro atoms. The molecule has 0 aliphatic rings. The number of aryl methyl sites for hydroxylation is 2. The van der Waals surface area contributed by atoms with Gasteiger partial charge in [0.1, 0.15) is 0 Å². The molecule has 0 saturated carbocycles. The van der Waals surface area contributed by atoms with E-state index < -0.39 is 0 Å². The van der Waals surface area contributed by atoms with Crippen molar-refractivity contribution in [1.82, 2.24) is 20.1 Å². The SMILES string of the molecule is Cc1cc(CNC(C)(C)C)cc(-n2cc(Cl)c(C)n2)n1. The Labute approximate surface area is 125 Å². The summed E-state index contributed by atoms with van der Waals surface area (Å²) in [6, 6.07) is 4.12. The van der Waals surface area contributed by atoms with Crippen LogP contribution in [0.5, 0.6) is 0 Å². The van der Waals surface area contributed by atoms with E-state index in [-0.39, 0.29) is 5.54 Å². The van der Waals surface area contributed by atoms with Crippen LogP contribution in [0.3, 0.4) is 0 Å². The number of halogens is 1. The molecule has 0 saturated heterocycles. The molecule has 2 rings (SSSR count). The molecule has 0 aliphatic heterocycles. The number of nitrogens with one attached hydrogen (secondary N) is 1. The van der Waals surface area contributed by atoms with Gasteiger partial charge in [0.25, 0.3) is 0 Å². The van der Waals surface area contributed by atoms with Crippen LogP contribution in [-0.2, 0) is 6.54 Å². The fraction of sp³-hybridized carbons (Fsp3) is 0.467. The van der Waals surface area contributed by atoms with Crippen molar-refractivity contribution in [2.75, 3.05) is 0 Å². The number of hydrogen-bond donors (Lipinski definition) is 1. The van der Waals surface area contributed by atoms with Gasteiger partial charge in [-0.25, -0.2) is 9.67 Å². The van der Waals surface area contributed by atoms with Crippen molar-refractivity contribution in [3.05, 3.63) is 40.3 Å². The molecule has 5 heteroatoms. The van der Waals surface area contributed by atoms with Crippen LogP contribution in [0, 0.1) is 13.8 Å². The summed E-state index contributed by atoms with van der Waals surface area (Å²) in [5.74, 6) is 0.797. The number of rotatable bonds is 3. The average molecular weight is 293 g/mol. The standard InChI is InChI=1S/C15H21ClN4/c1-10-6-12(8-17-15(3,4)5)7-14(18-10)20-9-13(16)11(2)19-20/h6-7,9,17H,8H2,1-5H3. The molecule has 0 aliphatic carbocycles. The van der Waals surface area contributed by atoms with E-state index in [0.717, 1.165) is 23.8 Å². The van der Waals surface area contributed by atoms with Gasteiger partial charge in [0.15, 0.2) is 5.82 Å². The third kappa shape index (κ3) is 3.81. The van der Waals surface area contributed by atoms with Crippen LogP contribution < -0.4 is 5.32 Å². The monoisotopic (exact) mass is 292 g/mol. The van der Waals surface area contributed by atoms with Crippen LogP contribution in [0.1, 0.15) is 37.7 Å². The maximum atomic E-state index is 6.06. The van der Waals surface area contributed by atoms with Crippen LogP contribution in [0.25, 0.3) is 5.82 Å². The molecule has 0 amide bonds. The molecule has 0 bridgehead atoms. The number of aromatic nitrogens is 3. The summed E-state index contributed by atoms with van der Waals surface area (Å²) in [6.07, 6.45) is 1.79. The molecule has 0 radical (unpaired) electrons. The molecule has 108 valence electrons. The van der Waals surface area contributed by atoms with Crippen molar-refractivity contribution < 1.29 is 0 Å². The second-order valence-corrected chi connectivity index (χ2v) is 6.49. The summed E-state index contributed by atoms with van der Waals surface area (Å²) < 4.78 is 1.73. The van der Waals surface area contributed by atoms with Crippen molar-refractivity contribution in [1.29, 1.82) is 0 Å². The van der Waals surface area contributed by atoms with Gasteiger partial charge in [-0.3, -0.25) is 0 Å². The molecule has 0 unspecified atom stereocenters. The maximum Gasteiger partial charge on any atom is 0.153 e. The predicted molar refractivity (Wildman–Crippen MR) is 82.4 cm³/mol. The first-order valence-corrected chi connectivity index (χ1v) is 7.07. The Morgan fingerprint density at radius 1 is 1.25 bits per heavy atom. The fourth-order valence-corrected chi connectivity index (χ4v) is 1.99. The minimum Gasteiger partial charge on any atom is -0.308 e. The lowest BCUT2D eigenvalue weighted by Gasteiger charge is -2.20. The topological polar surface area (TPSA) is 42.7 Å². The first-order chi connectivity index (χ1) is 9.24.